The van der Waals surface area contributed by atoms with Crippen molar-refractivity contribution in [2.75, 3.05) is 38.2 Å². The highest BCUT2D eigenvalue weighted by Gasteiger charge is 2.22. The molecular weight excluding hydrogens is 386 g/mol. The number of methoxy groups -OCH3 is 1. The van der Waals surface area contributed by atoms with E-state index in [1.54, 1.807) is 31.0 Å². The van der Waals surface area contributed by atoms with Crippen LogP contribution in [0.2, 0.25) is 0 Å². The van der Waals surface area contributed by atoms with Crippen LogP contribution in [0.5, 0.6) is 5.75 Å². The van der Waals surface area contributed by atoms with Crippen molar-refractivity contribution in [3.8, 4) is 5.75 Å². The summed E-state index contributed by atoms with van der Waals surface area (Å²) >= 11 is 0. The minimum Gasteiger partial charge on any atom is -0.497 e. The first kappa shape index (κ1) is 19.8. The zero-order valence-corrected chi connectivity index (χ0v) is 17.4. The number of carbonyl (C=O) groups excluding carboxylic acids is 1. The maximum atomic E-state index is 12.9. The fourth-order valence-corrected chi connectivity index (χ4v) is 3.97. The van der Waals surface area contributed by atoms with E-state index in [2.05, 4.69) is 4.90 Å². The number of piperazine rings is 1. The molecule has 1 aromatic carbocycles. The Morgan fingerprint density at radius 1 is 0.967 bits per heavy atom. The van der Waals surface area contributed by atoms with Gasteiger partial charge in [0.1, 0.15) is 17.9 Å². The number of hydrogen-bond acceptors (Lipinski definition) is 5. The van der Waals surface area contributed by atoms with E-state index in [0.29, 0.717) is 24.1 Å². The van der Waals surface area contributed by atoms with Crippen LogP contribution in [0.3, 0.4) is 0 Å². The van der Waals surface area contributed by atoms with E-state index in [9.17, 15) is 14.4 Å². The molecule has 2 aromatic heterocycles. The van der Waals surface area contributed by atoms with Crippen LogP contribution in [-0.2, 0) is 25.4 Å². The molecular formula is C21H25N5O4. The highest BCUT2D eigenvalue weighted by molar-refractivity contribution is 5.81. The van der Waals surface area contributed by atoms with Crippen LogP contribution >= 0.6 is 0 Å². The van der Waals surface area contributed by atoms with Gasteiger partial charge in [0.05, 0.1) is 12.5 Å². The smallest absolute Gasteiger partial charge is 0.332 e. The van der Waals surface area contributed by atoms with Crippen molar-refractivity contribution in [2.24, 2.45) is 14.1 Å². The summed E-state index contributed by atoms with van der Waals surface area (Å²) in [5.41, 5.74) is 0.805. The van der Waals surface area contributed by atoms with Crippen molar-refractivity contribution in [3.63, 3.8) is 0 Å². The maximum absolute atomic E-state index is 12.9. The summed E-state index contributed by atoms with van der Waals surface area (Å²) in [6.45, 7) is 2.80. The Balaban J connectivity index is 1.47. The summed E-state index contributed by atoms with van der Waals surface area (Å²) < 4.78 is 9.36. The molecule has 0 radical (unpaired) electrons. The van der Waals surface area contributed by atoms with Crippen molar-refractivity contribution in [3.05, 3.63) is 57.4 Å². The minimum absolute atomic E-state index is 0.0324. The minimum atomic E-state index is -0.409. The number of anilines is 1. The van der Waals surface area contributed by atoms with Gasteiger partial charge in [-0.1, -0.05) is 0 Å². The maximum Gasteiger partial charge on any atom is 0.332 e. The highest BCUT2D eigenvalue weighted by atomic mass is 16.5. The predicted molar refractivity (Wildman–Crippen MR) is 114 cm³/mol. The van der Waals surface area contributed by atoms with E-state index in [1.165, 1.54) is 11.6 Å². The normalized spacial score (nSPS) is 14.4. The number of hydrogen-bond donors (Lipinski definition) is 0. The predicted octanol–water partition coefficient (Wildman–Crippen LogP) is 0.396. The number of carbonyl (C=O) groups is 1. The third kappa shape index (κ3) is 3.36. The van der Waals surface area contributed by atoms with Gasteiger partial charge in [0, 0.05) is 52.2 Å². The molecule has 0 saturated carbocycles. The van der Waals surface area contributed by atoms with Gasteiger partial charge in [-0.25, -0.2) is 4.79 Å². The lowest BCUT2D eigenvalue weighted by Crippen LogP contribution is -2.49. The van der Waals surface area contributed by atoms with E-state index < -0.39 is 5.69 Å². The van der Waals surface area contributed by atoms with Crippen molar-refractivity contribution in [2.45, 2.75) is 6.54 Å². The van der Waals surface area contributed by atoms with Gasteiger partial charge >= 0.3 is 5.69 Å². The van der Waals surface area contributed by atoms with Crippen LogP contribution in [0.1, 0.15) is 0 Å². The van der Waals surface area contributed by atoms with Crippen LogP contribution < -0.4 is 20.9 Å². The molecule has 1 saturated heterocycles. The Morgan fingerprint density at radius 2 is 1.63 bits per heavy atom. The van der Waals surface area contributed by atoms with Gasteiger partial charge in [0.2, 0.25) is 5.91 Å². The molecule has 158 valence electrons. The lowest BCUT2D eigenvalue weighted by atomic mass is 10.2. The first-order valence-corrected chi connectivity index (χ1v) is 9.82. The molecule has 3 heterocycles. The summed E-state index contributed by atoms with van der Waals surface area (Å²) in [5, 5.41) is 0.428. The molecule has 1 amide bonds. The second kappa shape index (κ2) is 7.74. The molecule has 30 heavy (non-hydrogen) atoms. The standard InChI is InChI=1S/C21H25N5O4/c1-22-19-17(20(28)23(2)21(22)29)8-9-26(19)14-18(27)25-12-10-24(11-13-25)15-4-6-16(30-3)7-5-15/h4-9H,10-14H2,1-3H3. The third-order valence-corrected chi connectivity index (χ3v) is 5.74. The Labute approximate surface area is 173 Å². The first-order chi connectivity index (χ1) is 14.4. The molecule has 9 nitrogen and oxygen atoms in total. The Morgan fingerprint density at radius 3 is 2.27 bits per heavy atom. The summed E-state index contributed by atoms with van der Waals surface area (Å²) in [6, 6.07) is 9.55. The molecule has 1 aliphatic heterocycles. The summed E-state index contributed by atoms with van der Waals surface area (Å²) in [4.78, 5) is 41.5. The number of amides is 1. The number of aromatic nitrogens is 3. The van der Waals surface area contributed by atoms with E-state index in [0.717, 1.165) is 29.1 Å². The van der Waals surface area contributed by atoms with Crippen LogP contribution in [0.15, 0.2) is 46.1 Å². The molecule has 1 fully saturated rings. The highest BCUT2D eigenvalue weighted by Crippen LogP contribution is 2.20. The van der Waals surface area contributed by atoms with Crippen molar-refractivity contribution in [1.29, 1.82) is 0 Å². The number of benzene rings is 1. The zero-order valence-electron chi connectivity index (χ0n) is 17.4. The summed E-state index contributed by atoms with van der Waals surface area (Å²) in [5.74, 6) is 0.783. The molecule has 0 aliphatic carbocycles. The van der Waals surface area contributed by atoms with Crippen molar-refractivity contribution < 1.29 is 9.53 Å². The Kier molecular flexibility index (Phi) is 5.11. The van der Waals surface area contributed by atoms with Gasteiger partial charge in [-0.2, -0.15) is 0 Å². The van der Waals surface area contributed by atoms with Gasteiger partial charge in [0.15, 0.2) is 0 Å². The molecule has 0 spiro atoms. The van der Waals surface area contributed by atoms with E-state index >= 15 is 0 Å². The fraction of sp³-hybridized carbons (Fsp3) is 0.381. The average Bonchev–Trinajstić information content (AvgIpc) is 3.20. The molecule has 0 atom stereocenters. The lowest BCUT2D eigenvalue weighted by molar-refractivity contribution is -0.132. The lowest BCUT2D eigenvalue weighted by Gasteiger charge is -2.36. The molecule has 0 N–H and O–H groups in total. The van der Waals surface area contributed by atoms with Gasteiger partial charge < -0.3 is 19.1 Å². The quantitative estimate of drug-likeness (QED) is 0.621. The number of rotatable bonds is 4. The average molecular weight is 411 g/mol. The monoisotopic (exact) mass is 411 g/mol. The fourth-order valence-electron chi connectivity index (χ4n) is 3.97. The van der Waals surface area contributed by atoms with Crippen LogP contribution in [-0.4, -0.2) is 57.8 Å². The van der Waals surface area contributed by atoms with Crippen LogP contribution in [0.4, 0.5) is 5.69 Å². The van der Waals surface area contributed by atoms with Gasteiger partial charge in [-0.05, 0) is 30.3 Å². The summed E-state index contributed by atoms with van der Waals surface area (Å²) in [6.07, 6.45) is 1.69. The molecule has 4 rings (SSSR count). The van der Waals surface area contributed by atoms with E-state index in [4.69, 9.17) is 4.74 Å². The second-order valence-electron chi connectivity index (χ2n) is 7.45. The first-order valence-electron chi connectivity index (χ1n) is 9.82. The van der Waals surface area contributed by atoms with Gasteiger partial charge in [-0.3, -0.25) is 18.7 Å². The Hall–Kier alpha value is -3.49. The topological polar surface area (TPSA) is 81.7 Å². The van der Waals surface area contributed by atoms with Gasteiger partial charge in [0.25, 0.3) is 5.56 Å². The molecule has 0 unspecified atom stereocenters. The van der Waals surface area contributed by atoms with Crippen LogP contribution in [0.25, 0.3) is 11.0 Å². The number of ether oxygens (including phenoxy) is 1. The molecule has 3 aromatic rings. The second-order valence-corrected chi connectivity index (χ2v) is 7.45. The zero-order chi connectivity index (χ0) is 21.4. The third-order valence-electron chi connectivity index (χ3n) is 5.74. The van der Waals surface area contributed by atoms with E-state index in [1.807, 2.05) is 29.2 Å². The Bertz CT molecular complexity index is 1200. The number of nitrogens with zero attached hydrogens (tertiary/aromatic N) is 5. The molecule has 1 aliphatic rings. The summed E-state index contributed by atoms with van der Waals surface area (Å²) in [7, 11) is 4.71. The van der Waals surface area contributed by atoms with Crippen molar-refractivity contribution in [1.82, 2.24) is 18.6 Å². The molecule has 0 bridgehead atoms. The van der Waals surface area contributed by atoms with Crippen LogP contribution in [0, 0.1) is 0 Å². The van der Waals surface area contributed by atoms with E-state index in [-0.39, 0.29) is 18.0 Å². The number of fused-ring (bicyclic) bond motifs is 1. The SMILES string of the molecule is COc1ccc(N2CCN(C(=O)Cn3ccc4c(=O)n(C)c(=O)n(C)c43)CC2)cc1. The van der Waals surface area contributed by atoms with Gasteiger partial charge in [-0.15, -0.1) is 0 Å². The molecule has 9 heteroatoms. The van der Waals surface area contributed by atoms with Crippen molar-refractivity contribution >= 4 is 22.6 Å². The largest absolute Gasteiger partial charge is 0.497 e. The number of aryl methyl sites for hydroxylation is 1.